The molecule has 122 valence electrons. The van der Waals surface area contributed by atoms with Crippen LogP contribution in [0.25, 0.3) is 0 Å². The molecule has 3 rings (SSSR count). The zero-order chi connectivity index (χ0) is 16.6. The highest BCUT2D eigenvalue weighted by Crippen LogP contribution is 2.34. The molecule has 6 nitrogen and oxygen atoms in total. The van der Waals surface area contributed by atoms with Gasteiger partial charge in [-0.3, -0.25) is 4.79 Å². The first kappa shape index (κ1) is 15.5. The van der Waals surface area contributed by atoms with E-state index in [9.17, 15) is 4.79 Å². The Labute approximate surface area is 136 Å². The number of amides is 1. The van der Waals surface area contributed by atoms with E-state index in [0.29, 0.717) is 17.0 Å². The standard InChI is InChI=1S/C17H22N4O2/c1-11-16(12(2)23-19-11)17(22)21-9-5-6-14(21)13-7-8-18-15(10-13)20(3)4/h7-8,10,14H,5-6,9H2,1-4H3. The number of carbonyl (C=O) groups is 1. The Morgan fingerprint density at radius 1 is 1.39 bits per heavy atom. The molecular formula is C17H22N4O2. The molecule has 0 N–H and O–H groups in total. The van der Waals surface area contributed by atoms with Gasteiger partial charge in [0, 0.05) is 26.8 Å². The number of carbonyl (C=O) groups excluding carboxylic acids is 1. The summed E-state index contributed by atoms with van der Waals surface area (Å²) < 4.78 is 5.15. The summed E-state index contributed by atoms with van der Waals surface area (Å²) in [5.41, 5.74) is 2.38. The van der Waals surface area contributed by atoms with Crippen LogP contribution < -0.4 is 4.90 Å². The molecule has 0 saturated carbocycles. The zero-order valence-electron chi connectivity index (χ0n) is 14.0. The minimum atomic E-state index is 0.00645. The Kier molecular flexibility index (Phi) is 4.07. The van der Waals surface area contributed by atoms with Crippen LogP contribution >= 0.6 is 0 Å². The first-order valence-corrected chi connectivity index (χ1v) is 7.86. The molecule has 0 spiro atoms. The Hall–Kier alpha value is -2.37. The Morgan fingerprint density at radius 3 is 2.83 bits per heavy atom. The van der Waals surface area contributed by atoms with E-state index >= 15 is 0 Å². The summed E-state index contributed by atoms with van der Waals surface area (Å²) in [5.74, 6) is 1.49. The van der Waals surface area contributed by atoms with E-state index in [2.05, 4.69) is 16.2 Å². The van der Waals surface area contributed by atoms with Crippen LogP contribution in [0.3, 0.4) is 0 Å². The molecule has 1 amide bonds. The van der Waals surface area contributed by atoms with Crippen LogP contribution in [0.15, 0.2) is 22.9 Å². The van der Waals surface area contributed by atoms with Crippen LogP contribution in [0, 0.1) is 13.8 Å². The molecule has 1 aliphatic heterocycles. The van der Waals surface area contributed by atoms with Crippen molar-refractivity contribution in [2.24, 2.45) is 0 Å². The number of hydrogen-bond donors (Lipinski definition) is 0. The van der Waals surface area contributed by atoms with E-state index in [-0.39, 0.29) is 11.9 Å². The second-order valence-electron chi connectivity index (χ2n) is 6.20. The molecule has 1 saturated heterocycles. The molecule has 1 atom stereocenters. The molecule has 1 fully saturated rings. The maximum Gasteiger partial charge on any atom is 0.259 e. The minimum Gasteiger partial charge on any atom is -0.363 e. The Balaban J connectivity index is 1.91. The third kappa shape index (κ3) is 2.81. The van der Waals surface area contributed by atoms with Crippen LogP contribution in [0.5, 0.6) is 0 Å². The summed E-state index contributed by atoms with van der Waals surface area (Å²) in [5, 5.41) is 3.90. The van der Waals surface area contributed by atoms with Gasteiger partial charge in [-0.25, -0.2) is 4.98 Å². The number of anilines is 1. The third-order valence-corrected chi connectivity index (χ3v) is 4.37. The van der Waals surface area contributed by atoms with Gasteiger partial charge >= 0.3 is 0 Å². The first-order valence-electron chi connectivity index (χ1n) is 7.86. The van der Waals surface area contributed by atoms with Crippen LogP contribution in [-0.4, -0.2) is 41.6 Å². The maximum absolute atomic E-state index is 13.0. The van der Waals surface area contributed by atoms with Gasteiger partial charge < -0.3 is 14.3 Å². The fourth-order valence-electron chi connectivity index (χ4n) is 3.17. The molecular weight excluding hydrogens is 292 g/mol. The lowest BCUT2D eigenvalue weighted by molar-refractivity contribution is 0.0733. The SMILES string of the molecule is Cc1noc(C)c1C(=O)N1CCCC1c1ccnc(N(C)C)c1. The number of pyridine rings is 1. The molecule has 6 heteroatoms. The Bertz CT molecular complexity index is 704. The fourth-order valence-corrected chi connectivity index (χ4v) is 3.17. The monoisotopic (exact) mass is 314 g/mol. The molecule has 3 heterocycles. The molecule has 0 aromatic carbocycles. The number of aryl methyl sites for hydroxylation is 2. The lowest BCUT2D eigenvalue weighted by Crippen LogP contribution is -2.31. The van der Waals surface area contributed by atoms with Crippen molar-refractivity contribution < 1.29 is 9.32 Å². The minimum absolute atomic E-state index is 0.00645. The predicted molar refractivity (Wildman–Crippen MR) is 87.6 cm³/mol. The molecule has 0 aliphatic carbocycles. The summed E-state index contributed by atoms with van der Waals surface area (Å²) in [6.07, 6.45) is 3.77. The van der Waals surface area contributed by atoms with Gasteiger partial charge in [-0.15, -0.1) is 0 Å². The van der Waals surface area contributed by atoms with Gasteiger partial charge in [-0.1, -0.05) is 5.16 Å². The zero-order valence-corrected chi connectivity index (χ0v) is 14.0. The topological polar surface area (TPSA) is 62.5 Å². The summed E-state index contributed by atoms with van der Waals surface area (Å²) >= 11 is 0. The molecule has 1 aliphatic rings. The summed E-state index contributed by atoms with van der Waals surface area (Å²) in [6, 6.07) is 4.14. The third-order valence-electron chi connectivity index (χ3n) is 4.37. The molecule has 2 aromatic rings. The molecule has 0 radical (unpaired) electrons. The van der Waals surface area contributed by atoms with E-state index in [4.69, 9.17) is 4.52 Å². The number of hydrogen-bond acceptors (Lipinski definition) is 5. The number of aromatic nitrogens is 2. The van der Waals surface area contributed by atoms with E-state index in [1.165, 1.54) is 0 Å². The van der Waals surface area contributed by atoms with Gasteiger partial charge in [0.15, 0.2) is 0 Å². The van der Waals surface area contributed by atoms with Gasteiger partial charge in [-0.05, 0) is 44.4 Å². The van der Waals surface area contributed by atoms with Crippen LogP contribution in [-0.2, 0) is 0 Å². The van der Waals surface area contributed by atoms with Crippen molar-refractivity contribution in [1.29, 1.82) is 0 Å². The van der Waals surface area contributed by atoms with Crippen molar-refractivity contribution in [3.63, 3.8) is 0 Å². The molecule has 0 bridgehead atoms. The molecule has 2 aromatic heterocycles. The van der Waals surface area contributed by atoms with Crippen molar-refractivity contribution >= 4 is 11.7 Å². The van der Waals surface area contributed by atoms with Crippen molar-refractivity contribution in [1.82, 2.24) is 15.0 Å². The van der Waals surface area contributed by atoms with Crippen molar-refractivity contribution in [2.45, 2.75) is 32.7 Å². The highest BCUT2D eigenvalue weighted by molar-refractivity contribution is 5.96. The van der Waals surface area contributed by atoms with Crippen molar-refractivity contribution in [3.05, 3.63) is 40.9 Å². The largest absolute Gasteiger partial charge is 0.363 e. The summed E-state index contributed by atoms with van der Waals surface area (Å²) in [7, 11) is 3.93. The number of rotatable bonds is 3. The molecule has 1 unspecified atom stereocenters. The van der Waals surface area contributed by atoms with Crippen LogP contribution in [0.1, 0.15) is 46.3 Å². The maximum atomic E-state index is 13.0. The highest BCUT2D eigenvalue weighted by Gasteiger charge is 2.33. The Morgan fingerprint density at radius 2 is 2.17 bits per heavy atom. The van der Waals surface area contributed by atoms with Crippen LogP contribution in [0.4, 0.5) is 5.82 Å². The van der Waals surface area contributed by atoms with Gasteiger partial charge in [0.25, 0.3) is 5.91 Å². The van der Waals surface area contributed by atoms with E-state index in [1.807, 2.05) is 43.1 Å². The second-order valence-corrected chi connectivity index (χ2v) is 6.20. The lowest BCUT2D eigenvalue weighted by atomic mass is 10.0. The smallest absolute Gasteiger partial charge is 0.259 e. The number of nitrogens with zero attached hydrogens (tertiary/aromatic N) is 4. The predicted octanol–water partition coefficient (Wildman–Crippen LogP) is 2.73. The average molecular weight is 314 g/mol. The highest BCUT2D eigenvalue weighted by atomic mass is 16.5. The number of likely N-dealkylation sites (tertiary alicyclic amines) is 1. The van der Waals surface area contributed by atoms with E-state index < -0.39 is 0 Å². The first-order chi connectivity index (χ1) is 11.0. The van der Waals surface area contributed by atoms with Crippen molar-refractivity contribution in [2.75, 3.05) is 25.5 Å². The van der Waals surface area contributed by atoms with Gasteiger partial charge in [0.1, 0.15) is 17.1 Å². The van der Waals surface area contributed by atoms with E-state index in [0.717, 1.165) is 30.8 Å². The summed E-state index contributed by atoms with van der Waals surface area (Å²) in [4.78, 5) is 21.2. The quantitative estimate of drug-likeness (QED) is 0.871. The van der Waals surface area contributed by atoms with Crippen LogP contribution in [0.2, 0.25) is 0 Å². The van der Waals surface area contributed by atoms with E-state index in [1.54, 1.807) is 6.92 Å². The fraction of sp³-hybridized carbons (Fsp3) is 0.471. The van der Waals surface area contributed by atoms with Crippen molar-refractivity contribution in [3.8, 4) is 0 Å². The normalized spacial score (nSPS) is 17.6. The lowest BCUT2D eigenvalue weighted by Gasteiger charge is -2.25. The van der Waals surface area contributed by atoms with Gasteiger partial charge in [0.05, 0.1) is 11.7 Å². The van der Waals surface area contributed by atoms with Gasteiger partial charge in [-0.2, -0.15) is 0 Å². The summed E-state index contributed by atoms with van der Waals surface area (Å²) in [6.45, 7) is 4.35. The van der Waals surface area contributed by atoms with Gasteiger partial charge in [0.2, 0.25) is 0 Å². The molecule has 23 heavy (non-hydrogen) atoms. The average Bonchev–Trinajstić information content (AvgIpc) is 3.14. The second kappa shape index (κ2) is 6.02.